The largest absolute Gasteiger partial charge is 0.370 e. The fraction of sp³-hybridized carbons (Fsp3) is 0.833. The molecule has 0 spiro atoms. The molecule has 0 aromatic carbocycles. The summed E-state index contributed by atoms with van der Waals surface area (Å²) >= 11 is 1.84. The summed E-state index contributed by atoms with van der Waals surface area (Å²) in [5.41, 5.74) is 10.4. The monoisotopic (exact) mass is 161 g/mol. The number of guanidine groups is 1. The lowest BCUT2D eigenvalue weighted by molar-refractivity contribution is 0.844. The van der Waals surface area contributed by atoms with Gasteiger partial charge < -0.3 is 11.5 Å². The lowest BCUT2D eigenvalue weighted by Crippen LogP contribution is -2.25. The summed E-state index contributed by atoms with van der Waals surface area (Å²) in [6.45, 7) is 4.12. The van der Waals surface area contributed by atoms with Crippen LogP contribution >= 0.6 is 11.8 Å². The minimum Gasteiger partial charge on any atom is -0.370 e. The third kappa shape index (κ3) is 5.75. The molecule has 0 aliphatic heterocycles. The van der Waals surface area contributed by atoms with Gasteiger partial charge in [0.15, 0.2) is 5.96 Å². The Labute approximate surface area is 66.3 Å². The van der Waals surface area contributed by atoms with Crippen molar-refractivity contribution in [1.82, 2.24) is 0 Å². The molecule has 0 saturated heterocycles. The van der Waals surface area contributed by atoms with Gasteiger partial charge in [-0.25, -0.2) is 4.99 Å². The summed E-state index contributed by atoms with van der Waals surface area (Å²) in [5, 5.41) is 0. The summed E-state index contributed by atoms with van der Waals surface area (Å²) in [4.78, 5) is 3.97. The van der Waals surface area contributed by atoms with Crippen molar-refractivity contribution in [3.63, 3.8) is 0 Å². The Hall–Kier alpha value is -0.380. The number of thioether (sulfide) groups is 1. The molecule has 4 heteroatoms. The van der Waals surface area contributed by atoms with Crippen LogP contribution in [0.1, 0.15) is 13.8 Å². The first-order valence-electron chi connectivity index (χ1n) is 3.33. The molecule has 3 nitrogen and oxygen atoms in total. The standard InChI is InChI=1S/C6H15N3S/c1-3-10-4-5(2)9-6(7)8/h5H,3-4H2,1-2H3,(H4,7,8,9). The van der Waals surface area contributed by atoms with Gasteiger partial charge in [-0.15, -0.1) is 0 Å². The highest BCUT2D eigenvalue weighted by Crippen LogP contribution is 2.03. The zero-order chi connectivity index (χ0) is 7.98. The lowest BCUT2D eigenvalue weighted by atomic mass is 10.4. The van der Waals surface area contributed by atoms with Crippen molar-refractivity contribution >= 4 is 17.7 Å². The van der Waals surface area contributed by atoms with E-state index in [2.05, 4.69) is 11.9 Å². The predicted molar refractivity (Wildman–Crippen MR) is 48.3 cm³/mol. The third-order valence-electron chi connectivity index (χ3n) is 0.933. The average molecular weight is 161 g/mol. The first-order chi connectivity index (χ1) is 4.66. The Bertz CT molecular complexity index is 110. The van der Waals surface area contributed by atoms with Crippen LogP contribution in [0.15, 0.2) is 4.99 Å². The van der Waals surface area contributed by atoms with Crippen LogP contribution in [0.5, 0.6) is 0 Å². The molecule has 0 fully saturated rings. The number of nitrogens with two attached hydrogens (primary N) is 2. The van der Waals surface area contributed by atoms with Crippen molar-refractivity contribution in [2.24, 2.45) is 16.5 Å². The van der Waals surface area contributed by atoms with E-state index in [1.807, 2.05) is 18.7 Å². The summed E-state index contributed by atoms with van der Waals surface area (Å²) in [6, 6.07) is 0.245. The molecule has 0 aliphatic carbocycles. The second-order valence-electron chi connectivity index (χ2n) is 2.06. The van der Waals surface area contributed by atoms with Gasteiger partial charge in [-0.3, -0.25) is 0 Å². The summed E-state index contributed by atoms with van der Waals surface area (Å²) < 4.78 is 0. The van der Waals surface area contributed by atoms with Gasteiger partial charge >= 0.3 is 0 Å². The fourth-order valence-corrected chi connectivity index (χ4v) is 1.23. The molecule has 0 aromatic rings. The van der Waals surface area contributed by atoms with Gasteiger partial charge in [-0.05, 0) is 12.7 Å². The zero-order valence-electron chi connectivity index (χ0n) is 6.50. The molecule has 0 aromatic heterocycles. The summed E-state index contributed by atoms with van der Waals surface area (Å²) in [6.07, 6.45) is 0. The van der Waals surface area contributed by atoms with E-state index in [-0.39, 0.29) is 12.0 Å². The van der Waals surface area contributed by atoms with E-state index in [0.717, 1.165) is 11.5 Å². The first kappa shape index (κ1) is 9.62. The Morgan fingerprint density at radius 3 is 2.60 bits per heavy atom. The van der Waals surface area contributed by atoms with Crippen molar-refractivity contribution in [2.75, 3.05) is 11.5 Å². The average Bonchev–Trinajstić information content (AvgIpc) is 1.82. The summed E-state index contributed by atoms with van der Waals surface area (Å²) in [7, 11) is 0. The number of nitrogens with zero attached hydrogens (tertiary/aromatic N) is 1. The Kier molecular flexibility index (Phi) is 5.20. The molecule has 60 valence electrons. The molecule has 4 N–H and O–H groups in total. The van der Waals surface area contributed by atoms with E-state index in [1.54, 1.807) is 0 Å². The van der Waals surface area contributed by atoms with Crippen molar-refractivity contribution in [3.8, 4) is 0 Å². The first-order valence-corrected chi connectivity index (χ1v) is 4.48. The lowest BCUT2D eigenvalue weighted by Gasteiger charge is -2.03. The van der Waals surface area contributed by atoms with Crippen LogP contribution in [0.25, 0.3) is 0 Å². The third-order valence-corrected chi connectivity index (χ3v) is 2.06. The maximum Gasteiger partial charge on any atom is 0.186 e. The molecule has 0 amide bonds. The van der Waals surface area contributed by atoms with E-state index in [9.17, 15) is 0 Å². The quantitative estimate of drug-likeness (QED) is 0.463. The highest BCUT2D eigenvalue weighted by Gasteiger charge is 1.96. The van der Waals surface area contributed by atoms with Gasteiger partial charge in [0.25, 0.3) is 0 Å². The van der Waals surface area contributed by atoms with Gasteiger partial charge in [0, 0.05) is 5.75 Å². The normalized spacial score (nSPS) is 12.6. The van der Waals surface area contributed by atoms with E-state index in [0.29, 0.717) is 0 Å². The molecule has 0 bridgehead atoms. The Morgan fingerprint density at radius 2 is 2.20 bits per heavy atom. The predicted octanol–water partition coefficient (Wildman–Crippen LogP) is 0.401. The van der Waals surface area contributed by atoms with Crippen molar-refractivity contribution in [3.05, 3.63) is 0 Å². The van der Waals surface area contributed by atoms with Crippen LogP contribution in [0.2, 0.25) is 0 Å². The zero-order valence-corrected chi connectivity index (χ0v) is 7.32. The molecule has 0 aliphatic rings. The molecule has 1 atom stereocenters. The van der Waals surface area contributed by atoms with Gasteiger partial charge in [0.2, 0.25) is 0 Å². The summed E-state index contributed by atoms with van der Waals surface area (Å²) in [5.74, 6) is 2.29. The van der Waals surface area contributed by atoms with E-state index >= 15 is 0 Å². The maximum atomic E-state index is 5.18. The minimum absolute atomic E-state index is 0.184. The second-order valence-corrected chi connectivity index (χ2v) is 3.38. The van der Waals surface area contributed by atoms with Crippen molar-refractivity contribution in [1.29, 1.82) is 0 Å². The number of hydrogen-bond donors (Lipinski definition) is 2. The maximum absolute atomic E-state index is 5.18. The molecule has 10 heavy (non-hydrogen) atoms. The van der Waals surface area contributed by atoms with Crippen LogP contribution < -0.4 is 11.5 Å². The van der Waals surface area contributed by atoms with Crippen molar-refractivity contribution in [2.45, 2.75) is 19.9 Å². The molecular formula is C6H15N3S. The van der Waals surface area contributed by atoms with Crippen LogP contribution in [0.3, 0.4) is 0 Å². The second kappa shape index (κ2) is 5.41. The van der Waals surface area contributed by atoms with Crippen LogP contribution in [0, 0.1) is 0 Å². The van der Waals surface area contributed by atoms with Gasteiger partial charge in [0.1, 0.15) is 0 Å². The van der Waals surface area contributed by atoms with Crippen LogP contribution in [0.4, 0.5) is 0 Å². The molecule has 0 saturated carbocycles. The van der Waals surface area contributed by atoms with Crippen LogP contribution in [-0.2, 0) is 0 Å². The molecule has 1 unspecified atom stereocenters. The number of hydrogen-bond acceptors (Lipinski definition) is 2. The molecular weight excluding hydrogens is 146 g/mol. The number of rotatable bonds is 4. The van der Waals surface area contributed by atoms with Gasteiger partial charge in [0.05, 0.1) is 6.04 Å². The highest BCUT2D eigenvalue weighted by atomic mass is 32.2. The molecule has 0 heterocycles. The number of aliphatic imine (C=N–C) groups is 1. The minimum atomic E-state index is 0.184. The van der Waals surface area contributed by atoms with E-state index in [1.165, 1.54) is 0 Å². The highest BCUT2D eigenvalue weighted by molar-refractivity contribution is 7.99. The topological polar surface area (TPSA) is 64.4 Å². The van der Waals surface area contributed by atoms with Crippen molar-refractivity contribution < 1.29 is 0 Å². The fourth-order valence-electron chi connectivity index (χ4n) is 0.580. The Morgan fingerprint density at radius 1 is 1.60 bits per heavy atom. The smallest absolute Gasteiger partial charge is 0.186 e. The van der Waals surface area contributed by atoms with Gasteiger partial charge in [-0.2, -0.15) is 11.8 Å². The molecule has 0 radical (unpaired) electrons. The van der Waals surface area contributed by atoms with Gasteiger partial charge in [-0.1, -0.05) is 6.92 Å². The SMILES string of the molecule is CCSCC(C)N=C(N)N. The van der Waals surface area contributed by atoms with E-state index in [4.69, 9.17) is 11.5 Å². The van der Waals surface area contributed by atoms with E-state index < -0.39 is 0 Å². The Balaban J connectivity index is 3.43. The van der Waals surface area contributed by atoms with Crippen LogP contribution in [-0.4, -0.2) is 23.5 Å². The molecule has 0 rings (SSSR count).